The highest BCUT2D eigenvalue weighted by Crippen LogP contribution is 2.31. The van der Waals surface area contributed by atoms with Gasteiger partial charge in [0.15, 0.2) is 0 Å². The predicted octanol–water partition coefficient (Wildman–Crippen LogP) is 6.55. The van der Waals surface area contributed by atoms with E-state index in [4.69, 9.17) is 16.6 Å². The van der Waals surface area contributed by atoms with Crippen LogP contribution in [0.1, 0.15) is 16.8 Å². The van der Waals surface area contributed by atoms with Crippen molar-refractivity contribution in [2.45, 2.75) is 6.42 Å². The molecule has 0 amide bonds. The number of benzene rings is 2. The van der Waals surface area contributed by atoms with Crippen molar-refractivity contribution in [3.8, 4) is 0 Å². The Morgan fingerprint density at radius 3 is 2.61 bits per heavy atom. The smallest absolute Gasteiger partial charge is 0.0725 e. The van der Waals surface area contributed by atoms with Crippen LogP contribution in [-0.2, 0) is 6.42 Å². The number of hydrogen-bond donors (Lipinski definition) is 0. The van der Waals surface area contributed by atoms with Crippen LogP contribution in [0.3, 0.4) is 0 Å². The Morgan fingerprint density at radius 2 is 1.87 bits per heavy atom. The Labute approximate surface area is 149 Å². The zero-order chi connectivity index (χ0) is 16.2. The molecular weight excluding hydrogens is 370 g/mol. The molecule has 0 unspecified atom stereocenters. The van der Waals surface area contributed by atoms with Crippen LogP contribution in [0.2, 0.25) is 5.02 Å². The minimum Gasteiger partial charge on any atom is -0.248 e. The Kier molecular flexibility index (Phi) is 4.94. The second kappa shape index (κ2) is 7.12. The summed E-state index contributed by atoms with van der Waals surface area (Å²) in [6.45, 7) is 3.83. The molecule has 0 aliphatic carbocycles. The summed E-state index contributed by atoms with van der Waals surface area (Å²) in [5.41, 5.74) is 3.90. The Hall–Kier alpha value is -1.90. The summed E-state index contributed by atoms with van der Waals surface area (Å²) >= 11 is 10.1. The van der Waals surface area contributed by atoms with Crippen molar-refractivity contribution in [3.05, 3.63) is 87.5 Å². The van der Waals surface area contributed by atoms with Gasteiger partial charge in [-0.2, -0.15) is 0 Å². The fourth-order valence-corrected chi connectivity index (χ4v) is 3.16. The third kappa shape index (κ3) is 3.54. The van der Waals surface area contributed by atoms with Gasteiger partial charge in [-0.1, -0.05) is 70.0 Å². The summed E-state index contributed by atoms with van der Waals surface area (Å²) in [6.07, 6.45) is 6.60. The Balaban J connectivity index is 2.14. The molecular formula is C20H15BrClN. The van der Waals surface area contributed by atoms with Gasteiger partial charge in [0, 0.05) is 15.4 Å². The number of rotatable bonds is 4. The van der Waals surface area contributed by atoms with Crippen molar-refractivity contribution >= 4 is 50.6 Å². The van der Waals surface area contributed by atoms with E-state index < -0.39 is 0 Å². The second-order valence-electron chi connectivity index (χ2n) is 5.19. The first-order valence-electron chi connectivity index (χ1n) is 7.30. The Bertz CT molecular complexity index is 885. The topological polar surface area (TPSA) is 12.9 Å². The highest BCUT2D eigenvalue weighted by atomic mass is 79.9. The van der Waals surface area contributed by atoms with Crippen LogP contribution in [0, 0.1) is 0 Å². The molecule has 23 heavy (non-hydrogen) atoms. The van der Waals surface area contributed by atoms with E-state index in [1.165, 1.54) is 0 Å². The quantitative estimate of drug-likeness (QED) is 0.465. The normalized spacial score (nSPS) is 11.2. The van der Waals surface area contributed by atoms with E-state index >= 15 is 0 Å². The van der Waals surface area contributed by atoms with Crippen molar-refractivity contribution < 1.29 is 0 Å². The number of nitrogens with zero attached hydrogens (tertiary/aromatic N) is 1. The van der Waals surface area contributed by atoms with Crippen LogP contribution < -0.4 is 0 Å². The van der Waals surface area contributed by atoms with Crippen LogP contribution in [-0.4, -0.2) is 4.98 Å². The molecule has 0 aliphatic heterocycles. The average molecular weight is 385 g/mol. The number of halogens is 2. The van der Waals surface area contributed by atoms with Gasteiger partial charge in [0.05, 0.1) is 16.2 Å². The predicted molar refractivity (Wildman–Crippen MR) is 104 cm³/mol. The largest absolute Gasteiger partial charge is 0.248 e. The Morgan fingerprint density at radius 1 is 1.09 bits per heavy atom. The third-order valence-electron chi connectivity index (χ3n) is 3.59. The van der Waals surface area contributed by atoms with Gasteiger partial charge in [-0.3, -0.25) is 0 Å². The molecule has 0 spiro atoms. The monoisotopic (exact) mass is 383 g/mol. The lowest BCUT2D eigenvalue weighted by molar-refractivity contribution is 1.21. The van der Waals surface area contributed by atoms with Crippen LogP contribution in [0.5, 0.6) is 0 Å². The molecule has 3 aromatic rings. The SMILES string of the molecule is C=CCc1c(C=Cc2ccccc2)nc2ccc(Br)cc2c1Cl. The standard InChI is InChI=1S/C20H15BrClN/c1-2-6-16-18(11-9-14-7-4-3-5-8-14)23-19-12-10-15(21)13-17(19)20(16)22/h2-5,7-13H,1,6H2. The molecule has 0 saturated carbocycles. The molecule has 0 aliphatic rings. The molecule has 0 bridgehead atoms. The van der Waals surface area contributed by atoms with Crippen molar-refractivity contribution in [1.82, 2.24) is 4.98 Å². The zero-order valence-corrected chi connectivity index (χ0v) is 14.8. The number of aromatic nitrogens is 1. The van der Waals surface area contributed by atoms with Gasteiger partial charge in [-0.05, 0) is 36.3 Å². The van der Waals surface area contributed by atoms with Crippen molar-refractivity contribution in [1.29, 1.82) is 0 Å². The maximum absolute atomic E-state index is 6.64. The molecule has 2 aromatic carbocycles. The van der Waals surface area contributed by atoms with Crippen molar-refractivity contribution in [2.75, 3.05) is 0 Å². The molecule has 0 saturated heterocycles. The first-order valence-corrected chi connectivity index (χ1v) is 8.48. The van der Waals surface area contributed by atoms with Crippen LogP contribution in [0.25, 0.3) is 23.1 Å². The number of fused-ring (bicyclic) bond motifs is 1. The van der Waals surface area contributed by atoms with Gasteiger partial charge in [0.2, 0.25) is 0 Å². The lowest BCUT2D eigenvalue weighted by atomic mass is 10.0. The lowest BCUT2D eigenvalue weighted by Gasteiger charge is -2.10. The minimum absolute atomic E-state index is 0.683. The van der Waals surface area contributed by atoms with Gasteiger partial charge >= 0.3 is 0 Å². The molecule has 1 aromatic heterocycles. The fourth-order valence-electron chi connectivity index (χ4n) is 2.47. The highest BCUT2D eigenvalue weighted by molar-refractivity contribution is 9.10. The van der Waals surface area contributed by atoms with E-state index in [-0.39, 0.29) is 0 Å². The first-order chi connectivity index (χ1) is 11.2. The fraction of sp³-hybridized carbons (Fsp3) is 0.0500. The lowest BCUT2D eigenvalue weighted by Crippen LogP contribution is -1.95. The minimum atomic E-state index is 0.683. The second-order valence-corrected chi connectivity index (χ2v) is 6.48. The van der Waals surface area contributed by atoms with E-state index in [9.17, 15) is 0 Å². The molecule has 3 heteroatoms. The van der Waals surface area contributed by atoms with E-state index in [0.29, 0.717) is 6.42 Å². The molecule has 1 nitrogen and oxygen atoms in total. The third-order valence-corrected chi connectivity index (χ3v) is 4.52. The summed E-state index contributed by atoms with van der Waals surface area (Å²) in [5, 5.41) is 1.69. The molecule has 0 fully saturated rings. The molecule has 0 atom stereocenters. The van der Waals surface area contributed by atoms with E-state index in [1.54, 1.807) is 0 Å². The van der Waals surface area contributed by atoms with Gasteiger partial charge in [0.25, 0.3) is 0 Å². The number of hydrogen-bond acceptors (Lipinski definition) is 1. The summed E-state index contributed by atoms with van der Waals surface area (Å²) in [6, 6.07) is 16.1. The molecule has 3 rings (SSSR count). The van der Waals surface area contributed by atoms with Crippen LogP contribution in [0.15, 0.2) is 65.7 Å². The highest BCUT2D eigenvalue weighted by Gasteiger charge is 2.11. The van der Waals surface area contributed by atoms with Crippen molar-refractivity contribution in [2.24, 2.45) is 0 Å². The summed E-state index contributed by atoms with van der Waals surface area (Å²) in [5.74, 6) is 0. The van der Waals surface area contributed by atoms with Gasteiger partial charge in [-0.15, -0.1) is 6.58 Å². The maximum Gasteiger partial charge on any atom is 0.0725 e. The maximum atomic E-state index is 6.64. The number of pyridine rings is 1. The zero-order valence-electron chi connectivity index (χ0n) is 12.5. The molecule has 0 radical (unpaired) electrons. The van der Waals surface area contributed by atoms with Gasteiger partial charge in [-0.25, -0.2) is 4.98 Å². The molecule has 114 valence electrons. The number of allylic oxidation sites excluding steroid dienone is 1. The summed E-state index contributed by atoms with van der Waals surface area (Å²) in [4.78, 5) is 4.77. The van der Waals surface area contributed by atoms with Gasteiger partial charge < -0.3 is 0 Å². The van der Waals surface area contributed by atoms with Crippen LogP contribution >= 0.6 is 27.5 Å². The summed E-state index contributed by atoms with van der Waals surface area (Å²) < 4.78 is 0.992. The molecule has 0 N–H and O–H groups in total. The van der Waals surface area contributed by atoms with E-state index in [2.05, 4.69) is 40.7 Å². The summed E-state index contributed by atoms with van der Waals surface area (Å²) in [7, 11) is 0. The van der Waals surface area contributed by atoms with Crippen molar-refractivity contribution in [3.63, 3.8) is 0 Å². The van der Waals surface area contributed by atoms with Gasteiger partial charge in [0.1, 0.15) is 0 Å². The average Bonchev–Trinajstić information content (AvgIpc) is 2.57. The van der Waals surface area contributed by atoms with E-state index in [1.807, 2.05) is 48.6 Å². The van der Waals surface area contributed by atoms with Crippen LogP contribution in [0.4, 0.5) is 0 Å². The molecule has 1 heterocycles. The van der Waals surface area contributed by atoms with E-state index in [0.717, 1.165) is 37.2 Å². The first kappa shape index (κ1) is 16.0.